The van der Waals surface area contributed by atoms with Crippen molar-refractivity contribution in [1.82, 2.24) is 0 Å². The Kier molecular flexibility index (Phi) is 4.03. The number of benzene rings is 2. The van der Waals surface area contributed by atoms with Crippen molar-refractivity contribution in [3.05, 3.63) is 63.7 Å². The standard InChI is InChI=1S/C14H11N3O4/c1-9-8-12(18)6-7-13(9)15-16-14(19)10-2-4-11(5-3-10)17(20)21/h2-8,18H,1H3. The molecule has 0 aliphatic rings. The van der Waals surface area contributed by atoms with Crippen LogP contribution in [-0.2, 0) is 0 Å². The Morgan fingerprint density at radius 3 is 2.43 bits per heavy atom. The summed E-state index contributed by atoms with van der Waals surface area (Å²) in [6.45, 7) is 1.73. The normalized spacial score (nSPS) is 10.7. The minimum Gasteiger partial charge on any atom is -0.508 e. The molecule has 0 bridgehead atoms. The van der Waals surface area contributed by atoms with Crippen LogP contribution in [0.25, 0.3) is 0 Å². The lowest BCUT2D eigenvalue weighted by Crippen LogP contribution is -1.94. The van der Waals surface area contributed by atoms with Crippen molar-refractivity contribution in [3.63, 3.8) is 0 Å². The quantitative estimate of drug-likeness (QED) is 0.529. The number of aromatic hydroxyl groups is 1. The van der Waals surface area contributed by atoms with Crippen LogP contribution in [0.4, 0.5) is 11.4 Å². The summed E-state index contributed by atoms with van der Waals surface area (Å²) in [5.74, 6) is -0.495. The number of carbonyl (C=O) groups is 1. The molecule has 0 fully saturated rings. The van der Waals surface area contributed by atoms with E-state index in [1.807, 2.05) is 0 Å². The van der Waals surface area contributed by atoms with Gasteiger partial charge in [0.25, 0.3) is 11.6 Å². The van der Waals surface area contributed by atoms with Crippen LogP contribution in [0, 0.1) is 17.0 Å². The van der Waals surface area contributed by atoms with Gasteiger partial charge < -0.3 is 5.11 Å². The molecule has 0 spiro atoms. The maximum absolute atomic E-state index is 11.8. The summed E-state index contributed by atoms with van der Waals surface area (Å²) in [6, 6.07) is 9.59. The number of phenolic OH excluding ortho intramolecular Hbond substituents is 1. The summed E-state index contributed by atoms with van der Waals surface area (Å²) in [4.78, 5) is 21.8. The second-order valence-corrected chi connectivity index (χ2v) is 4.28. The summed E-state index contributed by atoms with van der Waals surface area (Å²) < 4.78 is 0. The molecule has 1 N–H and O–H groups in total. The predicted octanol–water partition coefficient (Wildman–Crippen LogP) is 3.53. The van der Waals surface area contributed by atoms with E-state index >= 15 is 0 Å². The lowest BCUT2D eigenvalue weighted by Gasteiger charge is -1.99. The molecule has 7 nitrogen and oxygen atoms in total. The largest absolute Gasteiger partial charge is 0.508 e. The molecule has 0 atom stereocenters. The zero-order chi connectivity index (χ0) is 15.4. The van der Waals surface area contributed by atoms with Crippen molar-refractivity contribution in [2.75, 3.05) is 0 Å². The molecule has 1 amide bonds. The van der Waals surface area contributed by atoms with Crippen molar-refractivity contribution in [2.45, 2.75) is 6.92 Å². The molecular weight excluding hydrogens is 274 g/mol. The van der Waals surface area contributed by atoms with Gasteiger partial charge in [0, 0.05) is 17.7 Å². The second kappa shape index (κ2) is 5.91. The smallest absolute Gasteiger partial charge is 0.295 e. The van der Waals surface area contributed by atoms with E-state index in [0.29, 0.717) is 11.3 Å². The van der Waals surface area contributed by atoms with E-state index in [0.717, 1.165) is 0 Å². The van der Waals surface area contributed by atoms with Crippen LogP contribution in [0.2, 0.25) is 0 Å². The molecule has 0 aliphatic carbocycles. The number of carbonyl (C=O) groups excluding carboxylic acids is 1. The fourth-order valence-electron chi connectivity index (χ4n) is 1.63. The van der Waals surface area contributed by atoms with E-state index in [-0.39, 0.29) is 17.0 Å². The maximum atomic E-state index is 11.8. The minimum atomic E-state index is -0.600. The molecule has 0 heterocycles. The van der Waals surface area contributed by atoms with Gasteiger partial charge in [0.1, 0.15) is 5.75 Å². The summed E-state index contributed by atoms with van der Waals surface area (Å²) in [5, 5.41) is 27.2. The third-order valence-corrected chi connectivity index (χ3v) is 2.75. The number of non-ortho nitro benzene ring substituents is 1. The molecule has 0 saturated heterocycles. The molecular formula is C14H11N3O4. The SMILES string of the molecule is Cc1cc(O)ccc1N=NC(=O)c1ccc([N+](=O)[O-])cc1. The van der Waals surface area contributed by atoms with E-state index < -0.39 is 10.8 Å². The zero-order valence-electron chi connectivity index (χ0n) is 11.1. The highest BCUT2D eigenvalue weighted by Crippen LogP contribution is 2.23. The Morgan fingerprint density at radius 1 is 1.19 bits per heavy atom. The Hall–Kier alpha value is -3.09. The van der Waals surface area contributed by atoms with Gasteiger partial charge in [-0.1, -0.05) is 0 Å². The van der Waals surface area contributed by atoms with Crippen molar-refractivity contribution in [2.24, 2.45) is 10.2 Å². The van der Waals surface area contributed by atoms with Gasteiger partial charge in [-0.05, 0) is 42.8 Å². The first kappa shape index (κ1) is 14.3. The second-order valence-electron chi connectivity index (χ2n) is 4.28. The van der Waals surface area contributed by atoms with Crippen LogP contribution >= 0.6 is 0 Å². The van der Waals surface area contributed by atoms with Gasteiger partial charge in [0.05, 0.1) is 10.6 Å². The molecule has 106 valence electrons. The highest BCUT2D eigenvalue weighted by atomic mass is 16.6. The zero-order valence-corrected chi connectivity index (χ0v) is 11.1. The van der Waals surface area contributed by atoms with Crippen LogP contribution < -0.4 is 0 Å². The molecule has 0 radical (unpaired) electrons. The van der Waals surface area contributed by atoms with Gasteiger partial charge >= 0.3 is 0 Å². The molecule has 21 heavy (non-hydrogen) atoms. The van der Waals surface area contributed by atoms with Gasteiger partial charge in [0.15, 0.2) is 0 Å². The molecule has 0 aromatic heterocycles. The van der Waals surface area contributed by atoms with E-state index in [1.165, 1.54) is 42.5 Å². The average Bonchev–Trinajstić information content (AvgIpc) is 2.46. The average molecular weight is 285 g/mol. The van der Waals surface area contributed by atoms with Crippen LogP contribution in [-0.4, -0.2) is 15.9 Å². The topological polar surface area (TPSA) is 105 Å². The Morgan fingerprint density at radius 2 is 1.86 bits per heavy atom. The number of nitro groups is 1. The van der Waals surface area contributed by atoms with Crippen LogP contribution in [0.1, 0.15) is 15.9 Å². The van der Waals surface area contributed by atoms with Gasteiger partial charge in [-0.25, -0.2) is 0 Å². The first-order valence-electron chi connectivity index (χ1n) is 5.97. The van der Waals surface area contributed by atoms with Crippen molar-refractivity contribution >= 4 is 17.3 Å². The van der Waals surface area contributed by atoms with Crippen molar-refractivity contribution in [1.29, 1.82) is 0 Å². The number of nitro benzene ring substituents is 1. The number of azo groups is 1. The third kappa shape index (κ3) is 3.47. The van der Waals surface area contributed by atoms with E-state index in [4.69, 9.17) is 0 Å². The lowest BCUT2D eigenvalue weighted by atomic mass is 10.2. The number of nitrogens with zero attached hydrogens (tertiary/aromatic N) is 3. The number of hydrogen-bond donors (Lipinski definition) is 1. The lowest BCUT2D eigenvalue weighted by molar-refractivity contribution is -0.384. The molecule has 2 rings (SSSR count). The third-order valence-electron chi connectivity index (χ3n) is 2.75. The molecule has 2 aromatic rings. The van der Waals surface area contributed by atoms with Gasteiger partial charge in [0.2, 0.25) is 0 Å². The van der Waals surface area contributed by atoms with E-state index in [2.05, 4.69) is 10.2 Å². The predicted molar refractivity (Wildman–Crippen MR) is 74.8 cm³/mol. The van der Waals surface area contributed by atoms with Gasteiger partial charge in [-0.15, -0.1) is 10.2 Å². The number of aryl methyl sites for hydroxylation is 1. The van der Waals surface area contributed by atoms with Crippen molar-refractivity contribution < 1.29 is 14.8 Å². The highest BCUT2D eigenvalue weighted by Gasteiger charge is 2.09. The summed E-state index contributed by atoms with van der Waals surface area (Å²) in [5.41, 5.74) is 1.25. The molecule has 7 heteroatoms. The fraction of sp³-hybridized carbons (Fsp3) is 0.0714. The monoisotopic (exact) mass is 285 g/mol. The van der Waals surface area contributed by atoms with E-state index in [9.17, 15) is 20.0 Å². The number of hydrogen-bond acceptors (Lipinski definition) is 5. The number of amides is 1. The highest BCUT2D eigenvalue weighted by molar-refractivity contribution is 5.94. The Balaban J connectivity index is 2.17. The first-order valence-corrected chi connectivity index (χ1v) is 5.97. The molecule has 2 aromatic carbocycles. The van der Waals surface area contributed by atoms with E-state index in [1.54, 1.807) is 6.92 Å². The van der Waals surface area contributed by atoms with Crippen LogP contribution in [0.5, 0.6) is 5.75 Å². The molecule has 0 unspecified atom stereocenters. The fourth-order valence-corrected chi connectivity index (χ4v) is 1.63. The number of phenols is 1. The van der Waals surface area contributed by atoms with Crippen molar-refractivity contribution in [3.8, 4) is 5.75 Å². The Labute approximate surface area is 119 Å². The van der Waals surface area contributed by atoms with Gasteiger partial charge in [-0.2, -0.15) is 0 Å². The number of rotatable bonds is 3. The summed E-state index contributed by atoms with van der Waals surface area (Å²) in [6.07, 6.45) is 0. The minimum absolute atomic E-state index is 0.0992. The molecule has 0 saturated carbocycles. The summed E-state index contributed by atoms with van der Waals surface area (Å²) >= 11 is 0. The first-order chi connectivity index (χ1) is 9.97. The van der Waals surface area contributed by atoms with Gasteiger partial charge in [-0.3, -0.25) is 14.9 Å². The Bertz CT molecular complexity index is 723. The summed E-state index contributed by atoms with van der Waals surface area (Å²) in [7, 11) is 0. The van der Waals surface area contributed by atoms with Crippen LogP contribution in [0.15, 0.2) is 52.7 Å². The van der Waals surface area contributed by atoms with Crippen LogP contribution in [0.3, 0.4) is 0 Å². The maximum Gasteiger partial charge on any atom is 0.295 e. The molecule has 0 aliphatic heterocycles.